The summed E-state index contributed by atoms with van der Waals surface area (Å²) in [5, 5.41) is 0. The Morgan fingerprint density at radius 2 is 1.59 bits per heavy atom. The van der Waals surface area contributed by atoms with E-state index in [0.717, 1.165) is 52.1 Å². The van der Waals surface area contributed by atoms with Crippen molar-refractivity contribution in [1.29, 1.82) is 0 Å². The zero-order valence-corrected chi connectivity index (χ0v) is 24.5. The van der Waals surface area contributed by atoms with Crippen molar-refractivity contribution in [3.8, 4) is 11.3 Å². The normalized spacial score (nSPS) is 16.4. The lowest BCUT2D eigenvalue weighted by Crippen LogP contribution is -2.40. The zero-order valence-electron chi connectivity index (χ0n) is 22.3. The Labute approximate surface area is 248 Å². The van der Waals surface area contributed by atoms with Crippen LogP contribution < -0.4 is 0 Å². The van der Waals surface area contributed by atoms with Crippen LogP contribution in [0.4, 0.5) is 4.39 Å². The first-order chi connectivity index (χ1) is 20.1. The summed E-state index contributed by atoms with van der Waals surface area (Å²) in [6, 6.07) is 31.9. The maximum Gasteiger partial charge on any atom is 0.255 e. The summed E-state index contributed by atoms with van der Waals surface area (Å²) >= 11 is -1.21. The number of allylic oxidation sites excluding steroid dienone is 1. The standard InChI is InChI=1S/C34H29FIN3O2/c35-28-18-16-26(17-19-28)32-30-15-7-8-21-39(30)33(37-32)27-14-9-20-38(23-27)34(40)31(25-12-5-2-6-13-25)29(22-36-41)24-10-3-1-4-11-24/h1-8,10-13,15-19,21-22,27,41H,9,14,20,23H2/b31-29-. The van der Waals surface area contributed by atoms with Crippen molar-refractivity contribution in [3.05, 3.63) is 132 Å². The van der Waals surface area contributed by atoms with E-state index in [0.29, 0.717) is 18.7 Å². The summed E-state index contributed by atoms with van der Waals surface area (Å²) in [5.41, 5.74) is 5.73. The molecule has 0 spiro atoms. The third-order valence-corrected chi connectivity index (χ3v) is 8.46. The smallest absolute Gasteiger partial charge is 0.255 e. The Bertz CT molecular complexity index is 1730. The first kappa shape index (κ1) is 27.2. The number of piperidine rings is 1. The van der Waals surface area contributed by atoms with Crippen LogP contribution in [0.15, 0.2) is 109 Å². The first-order valence-corrected chi connectivity index (χ1v) is 15.8. The molecule has 3 aromatic carbocycles. The molecule has 5 aromatic rings. The molecule has 5 nitrogen and oxygen atoms in total. The highest BCUT2D eigenvalue weighted by atomic mass is 127. The highest BCUT2D eigenvalue weighted by molar-refractivity contribution is 14.2. The SMILES string of the molecule is O=C(/C(=C(/C=IO)c1ccccc1)c1ccccc1)N1CCCC(c2nc(-c3ccc(F)cc3)c3ccccn23)C1. The highest BCUT2D eigenvalue weighted by Crippen LogP contribution is 2.35. The van der Waals surface area contributed by atoms with Gasteiger partial charge < -0.3 is 12.7 Å². The van der Waals surface area contributed by atoms with E-state index < -0.39 is 21.1 Å². The minimum Gasteiger partial charge on any atom is -0.338 e. The number of fused-ring (bicyclic) bond motifs is 1. The molecule has 1 fully saturated rings. The van der Waals surface area contributed by atoms with Crippen LogP contribution in [0.2, 0.25) is 0 Å². The number of rotatable bonds is 6. The largest absolute Gasteiger partial charge is 0.338 e. The molecule has 1 N–H and O–H groups in total. The summed E-state index contributed by atoms with van der Waals surface area (Å²) in [7, 11) is 0. The molecular weight excluding hydrogens is 628 g/mol. The van der Waals surface area contributed by atoms with Crippen molar-refractivity contribution >= 4 is 47.7 Å². The number of benzene rings is 3. The number of hydrogen-bond donors (Lipinski definition) is 1. The fraction of sp³-hybridized carbons (Fsp3) is 0.147. The van der Waals surface area contributed by atoms with Crippen molar-refractivity contribution in [2.75, 3.05) is 13.1 Å². The van der Waals surface area contributed by atoms with E-state index in [2.05, 4.69) is 4.40 Å². The summed E-state index contributed by atoms with van der Waals surface area (Å²) in [4.78, 5) is 21.4. The molecule has 6 rings (SSSR count). The van der Waals surface area contributed by atoms with Crippen LogP contribution >= 0.6 is 21.1 Å². The van der Waals surface area contributed by atoms with Crippen molar-refractivity contribution in [2.24, 2.45) is 0 Å². The predicted octanol–water partition coefficient (Wildman–Crippen LogP) is 7.14. The van der Waals surface area contributed by atoms with Crippen LogP contribution in [0.1, 0.15) is 35.7 Å². The van der Waals surface area contributed by atoms with E-state index in [1.807, 2.05) is 94.0 Å². The lowest BCUT2D eigenvalue weighted by Gasteiger charge is -2.33. The van der Waals surface area contributed by atoms with Crippen molar-refractivity contribution in [1.82, 2.24) is 14.3 Å². The summed E-state index contributed by atoms with van der Waals surface area (Å²) in [6.07, 6.45) is 3.77. The van der Waals surface area contributed by atoms with Gasteiger partial charge in [0.05, 0.1) is 16.8 Å². The molecule has 1 aliphatic rings. The van der Waals surface area contributed by atoms with E-state index in [1.54, 1.807) is 12.1 Å². The zero-order chi connectivity index (χ0) is 28.2. The third kappa shape index (κ3) is 5.64. The molecule has 0 aliphatic carbocycles. The molecule has 3 heterocycles. The Morgan fingerprint density at radius 1 is 0.902 bits per heavy atom. The lowest BCUT2D eigenvalue weighted by atomic mass is 9.92. The number of pyridine rings is 1. The predicted molar refractivity (Wildman–Crippen MR) is 171 cm³/mol. The van der Waals surface area contributed by atoms with Gasteiger partial charge in [0.2, 0.25) is 0 Å². The average Bonchev–Trinajstić information content (AvgIpc) is 3.42. The number of amides is 1. The second-order valence-electron chi connectivity index (χ2n) is 10.1. The highest BCUT2D eigenvalue weighted by Gasteiger charge is 2.31. The van der Waals surface area contributed by atoms with Gasteiger partial charge in [0.15, 0.2) is 0 Å². The monoisotopic (exact) mass is 657 g/mol. The van der Waals surface area contributed by atoms with Gasteiger partial charge in [-0.25, -0.2) is 9.37 Å². The maximum absolute atomic E-state index is 14.4. The fourth-order valence-corrected chi connectivity index (χ4v) is 6.58. The van der Waals surface area contributed by atoms with Gasteiger partial charge in [-0.3, -0.25) is 4.79 Å². The minimum atomic E-state index is -1.21. The Hall–Kier alpha value is -3.95. The van der Waals surface area contributed by atoms with Gasteiger partial charge in [0.25, 0.3) is 5.91 Å². The Kier molecular flexibility index (Phi) is 8.16. The molecule has 206 valence electrons. The topological polar surface area (TPSA) is 57.8 Å². The molecule has 1 amide bonds. The molecule has 41 heavy (non-hydrogen) atoms. The Balaban J connectivity index is 1.40. The molecule has 1 aliphatic heterocycles. The molecule has 0 saturated carbocycles. The summed E-state index contributed by atoms with van der Waals surface area (Å²) in [5.74, 6) is 0.603. The number of halogens is 2. The number of carbonyl (C=O) groups excluding carboxylic acids is 1. The van der Waals surface area contributed by atoms with E-state index in [4.69, 9.17) is 4.98 Å². The average molecular weight is 658 g/mol. The quantitative estimate of drug-likeness (QED) is 0.120. The van der Waals surface area contributed by atoms with Gasteiger partial charge >= 0.3 is 0 Å². The van der Waals surface area contributed by atoms with Crippen LogP contribution in [-0.2, 0) is 4.79 Å². The van der Waals surface area contributed by atoms with Crippen molar-refractivity contribution < 1.29 is 12.6 Å². The molecule has 0 bridgehead atoms. The van der Waals surface area contributed by atoms with Gasteiger partial charge in [-0.1, -0.05) is 66.7 Å². The van der Waals surface area contributed by atoms with Crippen LogP contribution in [0, 0.1) is 5.82 Å². The van der Waals surface area contributed by atoms with Crippen LogP contribution in [0.25, 0.3) is 27.9 Å². The van der Waals surface area contributed by atoms with Crippen LogP contribution in [0.3, 0.4) is 0 Å². The van der Waals surface area contributed by atoms with Gasteiger partial charge in [-0.15, -0.1) is 0 Å². The van der Waals surface area contributed by atoms with E-state index in [9.17, 15) is 12.6 Å². The molecule has 7 heteroatoms. The number of likely N-dealkylation sites (tertiary alicyclic amines) is 1. The Morgan fingerprint density at radius 3 is 2.29 bits per heavy atom. The van der Waals surface area contributed by atoms with Gasteiger partial charge in [0, 0.05) is 61.5 Å². The van der Waals surface area contributed by atoms with E-state index in [1.165, 1.54) is 12.1 Å². The minimum absolute atomic E-state index is 0.0308. The summed E-state index contributed by atoms with van der Waals surface area (Å²) in [6.45, 7) is 1.18. The number of imidazole rings is 1. The second kappa shape index (κ2) is 12.3. The second-order valence-corrected chi connectivity index (χ2v) is 11.3. The molecular formula is C34H29FIN3O2. The molecule has 0 radical (unpaired) electrons. The van der Waals surface area contributed by atoms with Gasteiger partial charge in [0.1, 0.15) is 11.6 Å². The third-order valence-electron chi connectivity index (χ3n) is 7.56. The van der Waals surface area contributed by atoms with Crippen LogP contribution in [0.5, 0.6) is 0 Å². The summed E-state index contributed by atoms with van der Waals surface area (Å²) < 4.78 is 27.6. The van der Waals surface area contributed by atoms with Crippen molar-refractivity contribution in [2.45, 2.75) is 18.8 Å². The van der Waals surface area contributed by atoms with Gasteiger partial charge in [-0.2, -0.15) is 0 Å². The van der Waals surface area contributed by atoms with Crippen molar-refractivity contribution in [3.63, 3.8) is 0 Å². The van der Waals surface area contributed by atoms with Gasteiger partial charge in [-0.05, 0) is 60.4 Å². The van der Waals surface area contributed by atoms with E-state index >= 15 is 0 Å². The van der Waals surface area contributed by atoms with E-state index in [-0.39, 0.29) is 17.6 Å². The molecule has 2 aromatic heterocycles. The number of nitrogens with zero attached hydrogens (tertiary/aromatic N) is 3. The molecule has 1 unspecified atom stereocenters. The number of carbonyl (C=O) groups is 1. The number of aromatic nitrogens is 2. The maximum atomic E-state index is 14.4. The first-order valence-electron chi connectivity index (χ1n) is 13.6. The lowest BCUT2D eigenvalue weighted by molar-refractivity contribution is -0.126. The van der Waals surface area contributed by atoms with Crippen LogP contribution in [-0.4, -0.2) is 40.7 Å². The number of hydrogen-bond acceptors (Lipinski definition) is 3. The fourth-order valence-electron chi connectivity index (χ4n) is 5.63. The molecule has 1 atom stereocenters. The molecule has 1 saturated heterocycles.